The van der Waals surface area contributed by atoms with Crippen molar-refractivity contribution < 1.29 is 18.3 Å². The summed E-state index contributed by atoms with van der Waals surface area (Å²) in [5.74, 6) is -0.197. The van der Waals surface area contributed by atoms with E-state index in [0.717, 1.165) is 4.88 Å². The van der Waals surface area contributed by atoms with Crippen LogP contribution in [-0.4, -0.2) is 49.6 Å². The van der Waals surface area contributed by atoms with Gasteiger partial charge >= 0.3 is 0 Å². The maximum atomic E-state index is 12.5. The van der Waals surface area contributed by atoms with Crippen LogP contribution in [-0.2, 0) is 16.4 Å². The van der Waals surface area contributed by atoms with Gasteiger partial charge in [0.15, 0.2) is 0 Å². The third-order valence-electron chi connectivity index (χ3n) is 4.39. The Morgan fingerprint density at radius 3 is 2.62 bits per heavy atom. The van der Waals surface area contributed by atoms with Gasteiger partial charge in [0.1, 0.15) is 0 Å². The molecule has 1 aliphatic heterocycles. The number of thiophene rings is 1. The van der Waals surface area contributed by atoms with Crippen LogP contribution in [0.2, 0.25) is 0 Å². The van der Waals surface area contributed by atoms with Crippen LogP contribution in [0.25, 0.3) is 0 Å². The number of nitrogens with zero attached hydrogens (tertiary/aromatic N) is 1. The number of hydrogen-bond acceptors (Lipinski definition) is 5. The number of carbonyl (C=O) groups is 1. The monoisotopic (exact) mass is 394 g/mol. The SMILES string of the molecule is CC1(O)CCN(C(=O)c2ccc(S(=O)(=O)NCCc3cccs3)cc2)C1. The summed E-state index contributed by atoms with van der Waals surface area (Å²) < 4.78 is 27.3. The molecular formula is C18H22N2O4S2. The van der Waals surface area contributed by atoms with Crippen molar-refractivity contribution in [2.45, 2.75) is 30.3 Å². The third kappa shape index (κ3) is 4.50. The molecule has 6 nitrogen and oxygen atoms in total. The fourth-order valence-corrected chi connectivity index (χ4v) is 4.67. The van der Waals surface area contributed by atoms with Crippen molar-refractivity contribution in [3.8, 4) is 0 Å². The zero-order valence-corrected chi connectivity index (χ0v) is 16.1. The molecule has 140 valence electrons. The van der Waals surface area contributed by atoms with Crippen LogP contribution < -0.4 is 4.72 Å². The summed E-state index contributed by atoms with van der Waals surface area (Å²) in [4.78, 5) is 15.3. The van der Waals surface area contributed by atoms with Gasteiger partial charge in [-0.1, -0.05) is 6.07 Å². The van der Waals surface area contributed by atoms with E-state index in [-0.39, 0.29) is 17.3 Å². The minimum absolute atomic E-state index is 0.133. The number of sulfonamides is 1. The largest absolute Gasteiger partial charge is 0.388 e. The zero-order chi connectivity index (χ0) is 18.8. The molecule has 3 rings (SSSR count). The summed E-state index contributed by atoms with van der Waals surface area (Å²) in [6.07, 6.45) is 1.18. The maximum absolute atomic E-state index is 12.5. The van der Waals surface area contributed by atoms with Crippen molar-refractivity contribution in [3.63, 3.8) is 0 Å². The van der Waals surface area contributed by atoms with E-state index in [1.165, 1.54) is 24.3 Å². The fraction of sp³-hybridized carbons (Fsp3) is 0.389. The Morgan fingerprint density at radius 1 is 1.31 bits per heavy atom. The third-order valence-corrected chi connectivity index (χ3v) is 6.81. The highest BCUT2D eigenvalue weighted by Crippen LogP contribution is 2.22. The van der Waals surface area contributed by atoms with Gasteiger partial charge in [-0.15, -0.1) is 11.3 Å². The summed E-state index contributed by atoms with van der Waals surface area (Å²) in [5.41, 5.74) is -0.439. The molecule has 0 spiro atoms. The average Bonchev–Trinajstić information content (AvgIpc) is 3.23. The normalized spacial score (nSPS) is 20.5. The van der Waals surface area contributed by atoms with Gasteiger partial charge in [0.25, 0.3) is 5.91 Å². The molecule has 1 unspecified atom stereocenters. The Bertz CT molecular complexity index is 859. The molecule has 1 aromatic heterocycles. The van der Waals surface area contributed by atoms with Crippen molar-refractivity contribution in [2.75, 3.05) is 19.6 Å². The van der Waals surface area contributed by atoms with E-state index < -0.39 is 15.6 Å². The van der Waals surface area contributed by atoms with Gasteiger partial charge in [-0.3, -0.25) is 4.79 Å². The minimum atomic E-state index is -3.60. The van der Waals surface area contributed by atoms with Crippen LogP contribution in [0.1, 0.15) is 28.6 Å². The van der Waals surface area contributed by atoms with Crippen molar-refractivity contribution in [3.05, 3.63) is 52.2 Å². The number of rotatable bonds is 6. The number of β-amino-alcohol motifs (C(OH)–C–C–N with tert-alkyl or cyclic N) is 1. The average molecular weight is 395 g/mol. The molecule has 1 fully saturated rings. The predicted molar refractivity (Wildman–Crippen MR) is 101 cm³/mol. The van der Waals surface area contributed by atoms with Gasteiger partial charge in [0.2, 0.25) is 10.0 Å². The first-order valence-electron chi connectivity index (χ1n) is 8.41. The Hall–Kier alpha value is -1.74. The van der Waals surface area contributed by atoms with Gasteiger partial charge in [-0.2, -0.15) is 0 Å². The molecule has 1 atom stereocenters. The predicted octanol–water partition coefficient (Wildman–Crippen LogP) is 1.87. The standard InChI is InChI=1S/C18H22N2O4S2/c1-18(22)9-11-20(13-18)17(21)14-4-6-16(7-5-14)26(23,24)19-10-8-15-3-2-12-25-15/h2-7,12,19,22H,8-11,13H2,1H3. The van der Waals surface area contributed by atoms with Crippen molar-refractivity contribution in [2.24, 2.45) is 0 Å². The molecular weight excluding hydrogens is 372 g/mol. The van der Waals surface area contributed by atoms with Gasteiger partial charge < -0.3 is 10.0 Å². The highest BCUT2D eigenvalue weighted by Gasteiger charge is 2.34. The van der Waals surface area contributed by atoms with E-state index in [4.69, 9.17) is 0 Å². The van der Waals surface area contributed by atoms with E-state index in [2.05, 4.69) is 4.72 Å². The summed E-state index contributed by atoms with van der Waals surface area (Å²) in [5, 5.41) is 11.9. The molecule has 1 aliphatic rings. The van der Waals surface area contributed by atoms with Crippen LogP contribution in [0.5, 0.6) is 0 Å². The molecule has 1 aromatic carbocycles. The first-order chi connectivity index (χ1) is 12.3. The van der Waals surface area contributed by atoms with E-state index in [1.807, 2.05) is 17.5 Å². The lowest BCUT2D eigenvalue weighted by molar-refractivity contribution is 0.0572. The number of hydrogen-bond donors (Lipinski definition) is 2. The summed E-state index contributed by atoms with van der Waals surface area (Å²) in [6.45, 7) is 2.82. The summed E-state index contributed by atoms with van der Waals surface area (Å²) in [7, 11) is -3.60. The summed E-state index contributed by atoms with van der Waals surface area (Å²) >= 11 is 1.59. The van der Waals surface area contributed by atoms with E-state index >= 15 is 0 Å². The second kappa shape index (κ2) is 7.48. The van der Waals surface area contributed by atoms with Crippen molar-refractivity contribution in [1.29, 1.82) is 0 Å². The second-order valence-corrected chi connectivity index (χ2v) is 9.52. The number of aliphatic hydroxyl groups is 1. The van der Waals surface area contributed by atoms with E-state index in [1.54, 1.807) is 23.2 Å². The number of carbonyl (C=O) groups excluding carboxylic acids is 1. The van der Waals surface area contributed by atoms with Crippen molar-refractivity contribution >= 4 is 27.3 Å². The van der Waals surface area contributed by atoms with E-state index in [0.29, 0.717) is 31.5 Å². The smallest absolute Gasteiger partial charge is 0.253 e. The Labute approximate surface area is 157 Å². The summed E-state index contributed by atoms with van der Waals surface area (Å²) in [6, 6.07) is 9.81. The molecule has 2 heterocycles. The number of benzene rings is 1. The highest BCUT2D eigenvalue weighted by atomic mass is 32.2. The topological polar surface area (TPSA) is 86.7 Å². The maximum Gasteiger partial charge on any atom is 0.253 e. The fourth-order valence-electron chi connectivity index (χ4n) is 2.92. The number of amides is 1. The molecule has 0 bridgehead atoms. The Kier molecular flexibility index (Phi) is 5.47. The molecule has 26 heavy (non-hydrogen) atoms. The molecule has 2 N–H and O–H groups in total. The minimum Gasteiger partial charge on any atom is -0.388 e. The van der Waals surface area contributed by atoms with Crippen LogP contribution in [0.3, 0.4) is 0 Å². The van der Waals surface area contributed by atoms with Gasteiger partial charge in [-0.05, 0) is 55.5 Å². The lowest BCUT2D eigenvalue weighted by Crippen LogP contribution is -2.33. The van der Waals surface area contributed by atoms with E-state index in [9.17, 15) is 18.3 Å². The van der Waals surface area contributed by atoms with Gasteiger partial charge in [0.05, 0.1) is 10.5 Å². The molecule has 0 aliphatic carbocycles. The first kappa shape index (κ1) is 19.0. The molecule has 0 radical (unpaired) electrons. The second-order valence-electron chi connectivity index (χ2n) is 6.73. The van der Waals surface area contributed by atoms with Crippen LogP contribution in [0, 0.1) is 0 Å². The van der Waals surface area contributed by atoms with Gasteiger partial charge in [0, 0.05) is 30.1 Å². The molecule has 8 heteroatoms. The number of nitrogens with one attached hydrogen (secondary N) is 1. The molecule has 2 aromatic rings. The van der Waals surface area contributed by atoms with Crippen LogP contribution >= 0.6 is 11.3 Å². The molecule has 1 saturated heterocycles. The Balaban J connectivity index is 1.62. The van der Waals surface area contributed by atoms with Gasteiger partial charge in [-0.25, -0.2) is 13.1 Å². The lowest BCUT2D eigenvalue weighted by atomic mass is 10.1. The molecule has 1 amide bonds. The number of likely N-dealkylation sites (tertiary alicyclic amines) is 1. The van der Waals surface area contributed by atoms with Crippen LogP contribution in [0.4, 0.5) is 0 Å². The zero-order valence-electron chi connectivity index (χ0n) is 14.5. The Morgan fingerprint density at radius 2 is 2.04 bits per heavy atom. The highest BCUT2D eigenvalue weighted by molar-refractivity contribution is 7.89. The van der Waals surface area contributed by atoms with Crippen molar-refractivity contribution in [1.82, 2.24) is 9.62 Å². The van der Waals surface area contributed by atoms with Crippen LogP contribution in [0.15, 0.2) is 46.7 Å². The quantitative estimate of drug-likeness (QED) is 0.783. The first-order valence-corrected chi connectivity index (χ1v) is 10.8. The lowest BCUT2D eigenvalue weighted by Gasteiger charge is -2.19. The molecule has 0 saturated carbocycles.